The summed E-state index contributed by atoms with van der Waals surface area (Å²) in [7, 11) is 0. The molecule has 2 heteroatoms. The standard InChI is InChI=1S/C9H14N2.H2/c1-2-11-6-4-9-8(7-11)3-5-10-9;/h3,5,10H,2,4,6-7H2,1H3;1H. The summed E-state index contributed by atoms with van der Waals surface area (Å²) in [5.41, 5.74) is 2.92. The molecule has 0 bridgehead atoms. The summed E-state index contributed by atoms with van der Waals surface area (Å²) in [5, 5.41) is 0. The van der Waals surface area contributed by atoms with Crippen LogP contribution in [0.1, 0.15) is 19.6 Å². The van der Waals surface area contributed by atoms with E-state index in [1.165, 1.54) is 30.8 Å². The first-order valence-corrected chi connectivity index (χ1v) is 4.27. The Morgan fingerprint density at radius 3 is 3.45 bits per heavy atom. The summed E-state index contributed by atoms with van der Waals surface area (Å²) < 4.78 is 0. The maximum Gasteiger partial charge on any atom is 0.0251 e. The molecule has 1 aliphatic rings. The number of nitrogens with zero attached hydrogens (tertiary/aromatic N) is 1. The third kappa shape index (κ3) is 1.18. The number of rotatable bonds is 1. The molecule has 2 rings (SSSR count). The Bertz CT molecular complexity index is 244. The molecule has 1 aromatic heterocycles. The Labute approximate surface area is 68.7 Å². The first-order chi connectivity index (χ1) is 5.40. The van der Waals surface area contributed by atoms with Crippen molar-refractivity contribution in [2.45, 2.75) is 19.9 Å². The first-order valence-electron chi connectivity index (χ1n) is 4.27. The van der Waals surface area contributed by atoms with Crippen LogP contribution in [0.2, 0.25) is 0 Å². The van der Waals surface area contributed by atoms with Crippen molar-refractivity contribution in [1.82, 2.24) is 9.88 Å². The molecule has 0 spiro atoms. The number of hydrogen-bond donors (Lipinski definition) is 1. The van der Waals surface area contributed by atoms with E-state index in [4.69, 9.17) is 0 Å². The molecule has 2 nitrogen and oxygen atoms in total. The predicted octanol–water partition coefficient (Wildman–Crippen LogP) is 1.64. The zero-order valence-corrected chi connectivity index (χ0v) is 6.93. The molecule has 0 fully saturated rings. The topological polar surface area (TPSA) is 19.0 Å². The van der Waals surface area contributed by atoms with Crippen LogP contribution in [-0.2, 0) is 13.0 Å². The molecule has 2 heterocycles. The minimum absolute atomic E-state index is 0. The van der Waals surface area contributed by atoms with E-state index < -0.39 is 0 Å². The molecule has 0 saturated heterocycles. The van der Waals surface area contributed by atoms with Crippen molar-refractivity contribution >= 4 is 0 Å². The highest BCUT2D eigenvalue weighted by molar-refractivity contribution is 5.22. The number of aromatic nitrogens is 1. The second-order valence-corrected chi connectivity index (χ2v) is 3.10. The number of nitrogens with one attached hydrogen (secondary N) is 1. The van der Waals surface area contributed by atoms with Crippen LogP contribution in [0.3, 0.4) is 0 Å². The predicted molar refractivity (Wildman–Crippen MR) is 47.6 cm³/mol. The number of aromatic amines is 1. The average molecular weight is 152 g/mol. The zero-order valence-electron chi connectivity index (χ0n) is 6.93. The van der Waals surface area contributed by atoms with E-state index in [-0.39, 0.29) is 1.43 Å². The Hall–Kier alpha value is -0.760. The molecule has 0 aliphatic carbocycles. The summed E-state index contributed by atoms with van der Waals surface area (Å²) in [6.07, 6.45) is 3.24. The van der Waals surface area contributed by atoms with Crippen LogP contribution in [0, 0.1) is 0 Å². The van der Waals surface area contributed by atoms with Gasteiger partial charge >= 0.3 is 0 Å². The van der Waals surface area contributed by atoms with Crippen molar-refractivity contribution in [3.05, 3.63) is 23.5 Å². The van der Waals surface area contributed by atoms with Gasteiger partial charge in [0.1, 0.15) is 0 Å². The molecule has 0 radical (unpaired) electrons. The molecule has 1 aromatic rings. The number of fused-ring (bicyclic) bond motifs is 1. The van der Waals surface area contributed by atoms with Crippen LogP contribution in [0.5, 0.6) is 0 Å². The quantitative estimate of drug-likeness (QED) is 0.648. The van der Waals surface area contributed by atoms with Gasteiger partial charge in [0.15, 0.2) is 0 Å². The zero-order chi connectivity index (χ0) is 7.68. The highest BCUT2D eigenvalue weighted by atomic mass is 15.1. The average Bonchev–Trinajstić information content (AvgIpc) is 2.50. The van der Waals surface area contributed by atoms with Crippen LogP contribution < -0.4 is 0 Å². The Morgan fingerprint density at radius 1 is 1.73 bits per heavy atom. The van der Waals surface area contributed by atoms with Gasteiger partial charge < -0.3 is 4.98 Å². The largest absolute Gasteiger partial charge is 0.365 e. The van der Waals surface area contributed by atoms with Gasteiger partial charge in [-0.05, 0) is 18.2 Å². The summed E-state index contributed by atoms with van der Waals surface area (Å²) in [6.45, 7) is 5.74. The third-order valence-corrected chi connectivity index (χ3v) is 2.45. The van der Waals surface area contributed by atoms with Gasteiger partial charge in [0.05, 0.1) is 0 Å². The summed E-state index contributed by atoms with van der Waals surface area (Å²) in [5.74, 6) is 0. The fourth-order valence-corrected chi connectivity index (χ4v) is 1.68. The molecule has 0 aromatic carbocycles. The molecular formula is C9H16N2. The van der Waals surface area contributed by atoms with Crippen molar-refractivity contribution < 1.29 is 1.43 Å². The lowest BCUT2D eigenvalue weighted by molar-refractivity contribution is 0.267. The van der Waals surface area contributed by atoms with Gasteiger partial charge in [-0.2, -0.15) is 0 Å². The second kappa shape index (κ2) is 2.70. The van der Waals surface area contributed by atoms with Gasteiger partial charge in [-0.1, -0.05) is 6.92 Å². The molecule has 0 saturated carbocycles. The first kappa shape index (κ1) is 6.92. The van der Waals surface area contributed by atoms with Crippen molar-refractivity contribution in [2.75, 3.05) is 13.1 Å². The SMILES string of the molecule is CCN1CCc2[nH]ccc2C1.[HH]. The smallest absolute Gasteiger partial charge is 0.0251 e. The molecule has 1 aliphatic heterocycles. The summed E-state index contributed by atoms with van der Waals surface area (Å²) >= 11 is 0. The maximum atomic E-state index is 3.28. The minimum Gasteiger partial charge on any atom is -0.365 e. The van der Waals surface area contributed by atoms with E-state index in [0.717, 1.165) is 6.54 Å². The second-order valence-electron chi connectivity index (χ2n) is 3.10. The van der Waals surface area contributed by atoms with Crippen molar-refractivity contribution in [3.8, 4) is 0 Å². The Morgan fingerprint density at radius 2 is 2.64 bits per heavy atom. The van der Waals surface area contributed by atoms with Crippen molar-refractivity contribution in [2.24, 2.45) is 0 Å². The van der Waals surface area contributed by atoms with Crippen LogP contribution in [0.25, 0.3) is 0 Å². The number of H-pyrrole nitrogens is 1. The van der Waals surface area contributed by atoms with Gasteiger partial charge in [0.2, 0.25) is 0 Å². The van der Waals surface area contributed by atoms with Crippen LogP contribution in [-0.4, -0.2) is 23.0 Å². The van der Waals surface area contributed by atoms with Crippen LogP contribution >= 0.6 is 0 Å². The molecule has 0 unspecified atom stereocenters. The molecule has 11 heavy (non-hydrogen) atoms. The molecule has 0 amide bonds. The third-order valence-electron chi connectivity index (χ3n) is 2.45. The summed E-state index contributed by atoms with van der Waals surface area (Å²) in [6, 6.07) is 2.19. The lowest BCUT2D eigenvalue weighted by Crippen LogP contribution is -2.29. The van der Waals surface area contributed by atoms with Gasteiger partial charge in [-0.3, -0.25) is 4.90 Å². The van der Waals surface area contributed by atoms with E-state index in [1.807, 2.05) is 6.20 Å². The lowest BCUT2D eigenvalue weighted by atomic mass is 10.1. The van der Waals surface area contributed by atoms with E-state index >= 15 is 0 Å². The lowest BCUT2D eigenvalue weighted by Gasteiger charge is -2.24. The molecular weight excluding hydrogens is 136 g/mol. The Balaban J connectivity index is 0.000000720. The normalized spacial score (nSPS) is 18.3. The summed E-state index contributed by atoms with van der Waals surface area (Å²) in [4.78, 5) is 5.74. The Kier molecular flexibility index (Phi) is 1.70. The highest BCUT2D eigenvalue weighted by Gasteiger charge is 2.14. The minimum atomic E-state index is 0. The van der Waals surface area contributed by atoms with Crippen molar-refractivity contribution in [1.29, 1.82) is 0 Å². The fourth-order valence-electron chi connectivity index (χ4n) is 1.68. The monoisotopic (exact) mass is 152 g/mol. The van der Waals surface area contributed by atoms with E-state index in [1.54, 1.807) is 0 Å². The van der Waals surface area contributed by atoms with Crippen LogP contribution in [0.15, 0.2) is 12.3 Å². The van der Waals surface area contributed by atoms with Gasteiger partial charge in [-0.25, -0.2) is 0 Å². The fraction of sp³-hybridized carbons (Fsp3) is 0.556. The highest BCUT2D eigenvalue weighted by Crippen LogP contribution is 2.16. The molecule has 1 N–H and O–H groups in total. The maximum absolute atomic E-state index is 3.28. The van der Waals surface area contributed by atoms with Crippen molar-refractivity contribution in [3.63, 3.8) is 0 Å². The van der Waals surface area contributed by atoms with Gasteiger partial charge in [0.25, 0.3) is 0 Å². The molecule has 0 atom stereocenters. The number of hydrogen-bond acceptors (Lipinski definition) is 1. The van der Waals surface area contributed by atoms with E-state index in [9.17, 15) is 0 Å². The van der Waals surface area contributed by atoms with E-state index in [0.29, 0.717) is 0 Å². The van der Waals surface area contributed by atoms with Crippen LogP contribution in [0.4, 0.5) is 0 Å². The van der Waals surface area contributed by atoms with Gasteiger partial charge in [-0.15, -0.1) is 0 Å². The number of likely N-dealkylation sites (N-methyl/N-ethyl adjacent to an activating group) is 1. The molecule has 62 valence electrons. The van der Waals surface area contributed by atoms with Gasteiger partial charge in [0, 0.05) is 32.8 Å². The van der Waals surface area contributed by atoms with E-state index in [2.05, 4.69) is 22.9 Å².